The maximum Gasteiger partial charge on any atom is 0.340 e. The summed E-state index contributed by atoms with van der Waals surface area (Å²) in [5.41, 5.74) is 6.09. The van der Waals surface area contributed by atoms with Crippen LogP contribution in [0.2, 0.25) is 0 Å². The molecule has 0 aliphatic carbocycles. The van der Waals surface area contributed by atoms with Crippen molar-refractivity contribution in [2.75, 3.05) is 14.2 Å². The first-order chi connectivity index (χ1) is 13.4. The topological polar surface area (TPSA) is 61.4 Å². The molecule has 6 nitrogen and oxygen atoms in total. The summed E-state index contributed by atoms with van der Waals surface area (Å²) in [6.45, 7) is 3.94. The first-order valence-electron chi connectivity index (χ1n) is 8.85. The number of carbonyl (C=O) groups is 2. The minimum atomic E-state index is -0.403. The Balaban J connectivity index is 2.07. The third-order valence-electron chi connectivity index (χ3n) is 4.93. The van der Waals surface area contributed by atoms with E-state index in [9.17, 15) is 9.59 Å². The molecule has 0 bridgehead atoms. The second-order valence-electron chi connectivity index (χ2n) is 6.79. The van der Waals surface area contributed by atoms with Gasteiger partial charge in [-0.15, -0.1) is 0 Å². The number of nitrogens with zero attached hydrogens (tertiary/aromatic N) is 2. The van der Waals surface area contributed by atoms with E-state index in [1.165, 1.54) is 14.2 Å². The minimum Gasteiger partial charge on any atom is -0.465 e. The van der Waals surface area contributed by atoms with Gasteiger partial charge in [-0.05, 0) is 61.4 Å². The van der Waals surface area contributed by atoms with Crippen molar-refractivity contribution in [3.63, 3.8) is 0 Å². The molecule has 4 aromatic rings. The lowest BCUT2D eigenvalue weighted by molar-refractivity contribution is 0.0594. The Kier molecular flexibility index (Phi) is 4.19. The van der Waals surface area contributed by atoms with E-state index in [2.05, 4.69) is 0 Å². The molecule has 6 heteroatoms. The molecular formula is C22H20N2O4. The van der Waals surface area contributed by atoms with E-state index in [1.807, 2.05) is 59.3 Å². The van der Waals surface area contributed by atoms with E-state index < -0.39 is 11.9 Å². The Labute approximate surface area is 161 Å². The number of esters is 2. The van der Waals surface area contributed by atoms with Crippen molar-refractivity contribution in [3.8, 4) is 11.4 Å². The number of pyridine rings is 2. The molecule has 0 aromatic carbocycles. The van der Waals surface area contributed by atoms with Crippen LogP contribution < -0.4 is 0 Å². The second kappa shape index (κ2) is 6.56. The zero-order valence-electron chi connectivity index (χ0n) is 16.1. The third kappa shape index (κ3) is 2.65. The van der Waals surface area contributed by atoms with Crippen LogP contribution in [0.4, 0.5) is 0 Å². The van der Waals surface area contributed by atoms with Gasteiger partial charge in [-0.2, -0.15) is 0 Å². The molecule has 142 valence electrons. The van der Waals surface area contributed by atoms with Gasteiger partial charge >= 0.3 is 11.9 Å². The van der Waals surface area contributed by atoms with Gasteiger partial charge in [0, 0.05) is 12.4 Å². The average molecular weight is 376 g/mol. The standard InChI is InChI=1S/C22H20N2O4/c1-13-5-7-23-17(9-13)15(21(25)27-3)11-19(23)20-12-16(22(26)28-4)18-10-14(2)6-8-24(18)20/h5-12H,1-4H3. The fraction of sp³-hybridized carbons (Fsp3) is 0.182. The van der Waals surface area contributed by atoms with Crippen LogP contribution in [-0.2, 0) is 9.47 Å². The molecule has 0 spiro atoms. The van der Waals surface area contributed by atoms with Crippen LogP contribution in [0.3, 0.4) is 0 Å². The van der Waals surface area contributed by atoms with Gasteiger partial charge in [-0.1, -0.05) is 0 Å². The van der Waals surface area contributed by atoms with E-state index in [0.29, 0.717) is 11.1 Å². The molecule has 0 aliphatic rings. The molecule has 0 radical (unpaired) electrons. The van der Waals surface area contributed by atoms with Crippen LogP contribution in [-0.4, -0.2) is 35.0 Å². The van der Waals surface area contributed by atoms with Crippen LogP contribution in [0, 0.1) is 13.8 Å². The number of hydrogen-bond donors (Lipinski definition) is 0. The van der Waals surface area contributed by atoms with Crippen LogP contribution in [0.25, 0.3) is 22.4 Å². The smallest absolute Gasteiger partial charge is 0.340 e. The predicted octanol–water partition coefficient (Wildman–Crippen LogP) is 4.05. The fourth-order valence-corrected chi connectivity index (χ4v) is 3.55. The number of aryl methyl sites for hydroxylation is 2. The maximum atomic E-state index is 12.3. The molecule has 0 saturated carbocycles. The monoisotopic (exact) mass is 376 g/mol. The van der Waals surface area contributed by atoms with Crippen molar-refractivity contribution in [1.29, 1.82) is 0 Å². The van der Waals surface area contributed by atoms with Gasteiger partial charge in [0.2, 0.25) is 0 Å². The lowest BCUT2D eigenvalue weighted by Gasteiger charge is -2.06. The SMILES string of the molecule is COC(=O)c1cc(-c2cc(C(=O)OC)c3cc(C)ccn23)n2ccc(C)cc12. The Morgan fingerprint density at radius 1 is 0.714 bits per heavy atom. The number of aromatic nitrogens is 2. The predicted molar refractivity (Wildman–Crippen MR) is 106 cm³/mol. The van der Waals surface area contributed by atoms with E-state index in [1.54, 1.807) is 12.1 Å². The Hall–Kier alpha value is -3.54. The van der Waals surface area contributed by atoms with Gasteiger partial charge in [0.1, 0.15) is 0 Å². The zero-order chi connectivity index (χ0) is 20.0. The van der Waals surface area contributed by atoms with Gasteiger partial charge in [0.05, 0.1) is 47.8 Å². The number of carbonyl (C=O) groups excluding carboxylic acids is 2. The first-order valence-corrected chi connectivity index (χ1v) is 8.85. The second-order valence-corrected chi connectivity index (χ2v) is 6.79. The average Bonchev–Trinajstić information content (AvgIpc) is 3.24. The molecule has 0 unspecified atom stereocenters. The molecule has 28 heavy (non-hydrogen) atoms. The summed E-state index contributed by atoms with van der Waals surface area (Å²) in [5.74, 6) is -0.807. The summed E-state index contributed by atoms with van der Waals surface area (Å²) in [4.78, 5) is 24.7. The van der Waals surface area contributed by atoms with E-state index in [4.69, 9.17) is 9.47 Å². The van der Waals surface area contributed by atoms with Crippen molar-refractivity contribution in [2.24, 2.45) is 0 Å². The lowest BCUT2D eigenvalue weighted by atomic mass is 10.2. The van der Waals surface area contributed by atoms with Crippen molar-refractivity contribution in [2.45, 2.75) is 13.8 Å². The number of fused-ring (bicyclic) bond motifs is 2. The third-order valence-corrected chi connectivity index (χ3v) is 4.93. The summed E-state index contributed by atoms with van der Waals surface area (Å²) in [5, 5.41) is 0. The van der Waals surface area contributed by atoms with E-state index >= 15 is 0 Å². The van der Waals surface area contributed by atoms with Crippen LogP contribution in [0.1, 0.15) is 31.8 Å². The van der Waals surface area contributed by atoms with Crippen molar-refractivity contribution < 1.29 is 19.1 Å². The molecule has 0 atom stereocenters. The number of ether oxygens (including phenoxy) is 2. The summed E-state index contributed by atoms with van der Waals surface area (Å²) in [6, 6.07) is 11.4. The summed E-state index contributed by atoms with van der Waals surface area (Å²) < 4.78 is 13.8. The molecule has 0 N–H and O–H groups in total. The van der Waals surface area contributed by atoms with E-state index in [0.717, 1.165) is 33.5 Å². The molecular weight excluding hydrogens is 356 g/mol. The summed E-state index contributed by atoms with van der Waals surface area (Å²) in [6.07, 6.45) is 3.83. The molecule has 0 aliphatic heterocycles. The fourth-order valence-electron chi connectivity index (χ4n) is 3.55. The summed E-state index contributed by atoms with van der Waals surface area (Å²) in [7, 11) is 2.73. The zero-order valence-corrected chi connectivity index (χ0v) is 16.1. The quantitative estimate of drug-likeness (QED) is 0.506. The molecule has 4 rings (SSSR count). The van der Waals surface area contributed by atoms with Crippen molar-refractivity contribution in [1.82, 2.24) is 8.80 Å². The molecule has 0 saturated heterocycles. The van der Waals surface area contributed by atoms with Gasteiger partial charge in [0.25, 0.3) is 0 Å². The van der Waals surface area contributed by atoms with Crippen molar-refractivity contribution in [3.05, 3.63) is 71.0 Å². The summed E-state index contributed by atoms with van der Waals surface area (Å²) >= 11 is 0. The van der Waals surface area contributed by atoms with Gasteiger partial charge in [-0.3, -0.25) is 0 Å². The molecule has 4 heterocycles. The molecule has 0 amide bonds. The molecule has 4 aromatic heterocycles. The maximum absolute atomic E-state index is 12.3. The first kappa shape index (κ1) is 17.9. The van der Waals surface area contributed by atoms with Crippen molar-refractivity contribution >= 4 is 23.0 Å². The van der Waals surface area contributed by atoms with Gasteiger partial charge in [0.15, 0.2) is 0 Å². The van der Waals surface area contributed by atoms with Crippen LogP contribution >= 0.6 is 0 Å². The Morgan fingerprint density at radius 3 is 1.46 bits per heavy atom. The number of hydrogen-bond acceptors (Lipinski definition) is 4. The highest BCUT2D eigenvalue weighted by Crippen LogP contribution is 2.31. The van der Waals surface area contributed by atoms with Gasteiger partial charge < -0.3 is 18.3 Å². The Morgan fingerprint density at radius 2 is 1.11 bits per heavy atom. The minimum absolute atomic E-state index is 0.403. The highest BCUT2D eigenvalue weighted by Gasteiger charge is 2.22. The lowest BCUT2D eigenvalue weighted by Crippen LogP contribution is -2.00. The highest BCUT2D eigenvalue weighted by atomic mass is 16.5. The van der Waals surface area contributed by atoms with E-state index in [-0.39, 0.29) is 0 Å². The normalized spacial score (nSPS) is 11.1. The number of rotatable bonds is 3. The number of methoxy groups -OCH3 is 2. The largest absolute Gasteiger partial charge is 0.465 e. The van der Waals surface area contributed by atoms with Gasteiger partial charge in [-0.25, -0.2) is 9.59 Å². The van der Waals surface area contributed by atoms with Crippen LogP contribution in [0.5, 0.6) is 0 Å². The Bertz CT molecular complexity index is 1150. The highest BCUT2D eigenvalue weighted by molar-refractivity contribution is 6.02. The van der Waals surface area contributed by atoms with Crippen LogP contribution in [0.15, 0.2) is 48.8 Å². The molecule has 0 fully saturated rings.